The Balaban J connectivity index is 1.91. The fourth-order valence-electron chi connectivity index (χ4n) is 3.41. The van der Waals surface area contributed by atoms with Gasteiger partial charge in [0, 0.05) is 5.56 Å². The van der Waals surface area contributed by atoms with Gasteiger partial charge in [-0.1, -0.05) is 29.8 Å². The zero-order chi connectivity index (χ0) is 16.4. The van der Waals surface area contributed by atoms with Crippen LogP contribution in [0.1, 0.15) is 43.7 Å². The van der Waals surface area contributed by atoms with E-state index >= 15 is 0 Å². The van der Waals surface area contributed by atoms with Crippen LogP contribution in [-0.2, 0) is 14.3 Å². The molecule has 5 nitrogen and oxygen atoms in total. The van der Waals surface area contributed by atoms with Gasteiger partial charge in [0.25, 0.3) is 5.91 Å². The molecule has 1 aliphatic heterocycles. The van der Waals surface area contributed by atoms with E-state index in [-0.39, 0.29) is 18.4 Å². The van der Waals surface area contributed by atoms with Gasteiger partial charge < -0.3 is 9.64 Å². The molecule has 1 spiro atoms. The first-order valence-electron chi connectivity index (χ1n) is 8.20. The van der Waals surface area contributed by atoms with Crippen LogP contribution in [0.5, 0.6) is 0 Å². The Kier molecular flexibility index (Phi) is 4.20. The minimum absolute atomic E-state index is 0.0223. The average molecular weight is 314 g/mol. The number of esters is 1. The highest BCUT2D eigenvalue weighted by atomic mass is 16.5. The van der Waals surface area contributed by atoms with E-state index in [9.17, 15) is 9.59 Å². The molecule has 0 bridgehead atoms. The number of nitrogens with zero attached hydrogens (tertiary/aromatic N) is 2. The van der Waals surface area contributed by atoms with Gasteiger partial charge in [-0.15, -0.1) is 0 Å². The maximum atomic E-state index is 12.9. The number of aliphatic imine (C=N–C) groups is 1. The minimum Gasteiger partial charge on any atom is -0.465 e. The van der Waals surface area contributed by atoms with Crippen LogP contribution in [0.25, 0.3) is 0 Å². The summed E-state index contributed by atoms with van der Waals surface area (Å²) >= 11 is 0. The lowest BCUT2D eigenvalue weighted by molar-refractivity contribution is -0.149. The molecule has 1 fully saturated rings. The molecule has 1 aromatic carbocycles. The third kappa shape index (κ3) is 2.87. The standard InChI is InChI=1S/C18H22N2O3/c1-3-23-15(21)12-20-17(22)16(14-8-6-13(2)7-9-14)19-18(20)10-4-5-11-18/h6-9H,3-5,10-12H2,1-2H3. The number of aryl methyl sites for hydroxylation is 1. The second-order valence-corrected chi connectivity index (χ2v) is 6.21. The van der Waals surface area contributed by atoms with Crippen molar-refractivity contribution < 1.29 is 14.3 Å². The van der Waals surface area contributed by atoms with Crippen LogP contribution in [-0.4, -0.2) is 41.3 Å². The topological polar surface area (TPSA) is 59.0 Å². The smallest absolute Gasteiger partial charge is 0.325 e. The van der Waals surface area contributed by atoms with E-state index in [0.29, 0.717) is 12.3 Å². The molecule has 1 heterocycles. The normalized spacial score (nSPS) is 19.3. The fourth-order valence-corrected chi connectivity index (χ4v) is 3.41. The summed E-state index contributed by atoms with van der Waals surface area (Å²) in [7, 11) is 0. The lowest BCUT2D eigenvalue weighted by atomic mass is 10.1. The summed E-state index contributed by atoms with van der Waals surface area (Å²) in [6.45, 7) is 4.07. The number of rotatable bonds is 4. The second kappa shape index (κ2) is 6.14. The highest BCUT2D eigenvalue weighted by Gasteiger charge is 2.49. The first kappa shape index (κ1) is 15.7. The molecule has 0 radical (unpaired) electrons. The minimum atomic E-state index is -0.552. The molecule has 1 aromatic rings. The Morgan fingerprint density at radius 2 is 1.91 bits per heavy atom. The molecule has 0 saturated heterocycles. The average Bonchev–Trinajstić information content (AvgIpc) is 3.10. The van der Waals surface area contributed by atoms with Crippen molar-refractivity contribution in [3.05, 3.63) is 35.4 Å². The summed E-state index contributed by atoms with van der Waals surface area (Å²) in [4.78, 5) is 31.2. The van der Waals surface area contributed by atoms with Crippen LogP contribution in [0.2, 0.25) is 0 Å². The molecule has 1 saturated carbocycles. The monoisotopic (exact) mass is 314 g/mol. The Morgan fingerprint density at radius 1 is 1.26 bits per heavy atom. The predicted molar refractivity (Wildman–Crippen MR) is 87.3 cm³/mol. The highest BCUT2D eigenvalue weighted by molar-refractivity contribution is 6.47. The fraction of sp³-hybridized carbons (Fsp3) is 0.500. The molecule has 0 aromatic heterocycles. The summed E-state index contributed by atoms with van der Waals surface area (Å²) in [5.74, 6) is -0.531. The number of ether oxygens (including phenoxy) is 1. The molecule has 2 aliphatic rings. The third-order valence-electron chi connectivity index (χ3n) is 4.59. The molecule has 1 aliphatic carbocycles. The van der Waals surface area contributed by atoms with E-state index < -0.39 is 5.66 Å². The zero-order valence-corrected chi connectivity index (χ0v) is 13.7. The van der Waals surface area contributed by atoms with Crippen LogP contribution in [0, 0.1) is 6.92 Å². The second-order valence-electron chi connectivity index (χ2n) is 6.21. The van der Waals surface area contributed by atoms with E-state index in [2.05, 4.69) is 0 Å². The predicted octanol–water partition coefficient (Wildman–Crippen LogP) is 2.46. The van der Waals surface area contributed by atoms with Gasteiger partial charge in [0.05, 0.1) is 6.61 Å². The van der Waals surface area contributed by atoms with Crippen molar-refractivity contribution in [2.45, 2.75) is 45.2 Å². The lowest BCUT2D eigenvalue weighted by Crippen LogP contribution is -2.48. The van der Waals surface area contributed by atoms with E-state index in [0.717, 1.165) is 36.8 Å². The molecule has 122 valence electrons. The Bertz CT molecular complexity index is 643. The molecule has 0 N–H and O–H groups in total. The quantitative estimate of drug-likeness (QED) is 0.802. The van der Waals surface area contributed by atoms with Crippen molar-refractivity contribution in [3.63, 3.8) is 0 Å². The molecular formula is C18H22N2O3. The van der Waals surface area contributed by atoms with Crippen LogP contribution >= 0.6 is 0 Å². The maximum absolute atomic E-state index is 12.9. The highest BCUT2D eigenvalue weighted by Crippen LogP contribution is 2.40. The van der Waals surface area contributed by atoms with E-state index in [1.54, 1.807) is 11.8 Å². The van der Waals surface area contributed by atoms with Gasteiger partial charge in [0.2, 0.25) is 0 Å². The van der Waals surface area contributed by atoms with Crippen LogP contribution < -0.4 is 0 Å². The maximum Gasteiger partial charge on any atom is 0.325 e. The Morgan fingerprint density at radius 3 is 2.52 bits per heavy atom. The molecule has 0 atom stereocenters. The van der Waals surface area contributed by atoms with Crippen molar-refractivity contribution in [2.75, 3.05) is 13.2 Å². The number of hydrogen-bond acceptors (Lipinski definition) is 4. The van der Waals surface area contributed by atoms with Gasteiger partial charge >= 0.3 is 5.97 Å². The number of carbonyl (C=O) groups excluding carboxylic acids is 2. The summed E-state index contributed by atoms with van der Waals surface area (Å²) in [5, 5.41) is 0. The molecule has 3 rings (SSSR count). The van der Waals surface area contributed by atoms with Gasteiger partial charge in [0.15, 0.2) is 0 Å². The summed E-state index contributed by atoms with van der Waals surface area (Å²) in [5.41, 5.74) is 1.87. The third-order valence-corrected chi connectivity index (χ3v) is 4.59. The van der Waals surface area contributed by atoms with Crippen LogP contribution in [0.15, 0.2) is 29.3 Å². The number of hydrogen-bond donors (Lipinski definition) is 0. The van der Waals surface area contributed by atoms with E-state index in [4.69, 9.17) is 9.73 Å². The largest absolute Gasteiger partial charge is 0.465 e. The first-order chi connectivity index (χ1) is 11.1. The van der Waals surface area contributed by atoms with Gasteiger partial charge in [-0.05, 0) is 39.5 Å². The summed E-state index contributed by atoms with van der Waals surface area (Å²) in [6, 6.07) is 7.78. The number of carbonyl (C=O) groups is 2. The van der Waals surface area contributed by atoms with E-state index in [1.807, 2.05) is 31.2 Å². The van der Waals surface area contributed by atoms with Crippen LogP contribution in [0.3, 0.4) is 0 Å². The zero-order valence-electron chi connectivity index (χ0n) is 13.7. The Hall–Kier alpha value is -2.17. The molecule has 23 heavy (non-hydrogen) atoms. The SMILES string of the molecule is CCOC(=O)CN1C(=O)C(c2ccc(C)cc2)=NC12CCCC2. The van der Waals surface area contributed by atoms with Gasteiger partial charge in [-0.3, -0.25) is 14.6 Å². The van der Waals surface area contributed by atoms with Gasteiger partial charge in [-0.2, -0.15) is 0 Å². The van der Waals surface area contributed by atoms with Crippen molar-refractivity contribution in [1.82, 2.24) is 4.90 Å². The number of amides is 1. The van der Waals surface area contributed by atoms with Crippen LogP contribution in [0.4, 0.5) is 0 Å². The van der Waals surface area contributed by atoms with Crippen molar-refractivity contribution in [2.24, 2.45) is 4.99 Å². The molecule has 5 heteroatoms. The molecular weight excluding hydrogens is 292 g/mol. The number of benzene rings is 1. The Labute approximate surface area is 136 Å². The summed E-state index contributed by atoms with van der Waals surface area (Å²) in [6.07, 6.45) is 3.68. The first-order valence-corrected chi connectivity index (χ1v) is 8.20. The van der Waals surface area contributed by atoms with Gasteiger partial charge in [0.1, 0.15) is 17.9 Å². The van der Waals surface area contributed by atoms with Gasteiger partial charge in [-0.25, -0.2) is 0 Å². The summed E-state index contributed by atoms with van der Waals surface area (Å²) < 4.78 is 5.03. The van der Waals surface area contributed by atoms with E-state index in [1.165, 1.54) is 0 Å². The van der Waals surface area contributed by atoms with Crippen molar-refractivity contribution in [3.8, 4) is 0 Å². The lowest BCUT2D eigenvalue weighted by Gasteiger charge is -2.31. The van der Waals surface area contributed by atoms with Crippen molar-refractivity contribution >= 4 is 17.6 Å². The molecule has 0 unspecified atom stereocenters. The van der Waals surface area contributed by atoms with Crippen molar-refractivity contribution in [1.29, 1.82) is 0 Å². The molecule has 1 amide bonds.